The summed E-state index contributed by atoms with van der Waals surface area (Å²) in [5.41, 5.74) is 3.19. The molecule has 2 atom stereocenters. The van der Waals surface area contributed by atoms with Crippen molar-refractivity contribution in [2.75, 3.05) is 25.6 Å². The summed E-state index contributed by atoms with van der Waals surface area (Å²) in [7, 11) is 1.65. The predicted octanol–water partition coefficient (Wildman–Crippen LogP) is 8.23. The Hall–Kier alpha value is -3.20. The van der Waals surface area contributed by atoms with Crippen molar-refractivity contribution in [2.24, 2.45) is 21.8 Å². The van der Waals surface area contributed by atoms with Gasteiger partial charge >= 0.3 is 5.97 Å². The maximum atomic E-state index is 13.8. The van der Waals surface area contributed by atoms with Gasteiger partial charge in [-0.05, 0) is 60.4 Å². The van der Waals surface area contributed by atoms with Crippen molar-refractivity contribution < 1.29 is 19.0 Å². The molecule has 2 N–H and O–H groups in total. The van der Waals surface area contributed by atoms with Crippen molar-refractivity contribution in [3.05, 3.63) is 92.5 Å². The van der Waals surface area contributed by atoms with E-state index in [0.717, 1.165) is 34.5 Å². The van der Waals surface area contributed by atoms with Crippen molar-refractivity contribution in [3.63, 3.8) is 0 Å². The maximum absolute atomic E-state index is 13.8. The number of rotatable bonds is 8. The van der Waals surface area contributed by atoms with E-state index in [1.54, 1.807) is 13.2 Å². The second-order valence-electron chi connectivity index (χ2n) is 10.2. The van der Waals surface area contributed by atoms with E-state index in [-0.39, 0.29) is 16.9 Å². The average molecular weight is 596 g/mol. The number of carbonyl (C=O) groups is 1. The van der Waals surface area contributed by atoms with Crippen LogP contribution in [0.1, 0.15) is 45.1 Å². The number of aliphatic imine (C=N–C) groups is 2. The largest absolute Gasteiger partial charge is 0.477 e. The van der Waals surface area contributed by atoms with Crippen LogP contribution in [0.5, 0.6) is 0 Å². The zero-order valence-corrected chi connectivity index (χ0v) is 25.1. The van der Waals surface area contributed by atoms with Gasteiger partial charge in [-0.1, -0.05) is 79.7 Å². The number of benzene rings is 2. The summed E-state index contributed by atoms with van der Waals surface area (Å²) in [5.74, 6) is -0.0484. The lowest BCUT2D eigenvalue weighted by Crippen LogP contribution is -2.19. The van der Waals surface area contributed by atoms with E-state index in [1.807, 2.05) is 30.3 Å². The zero-order chi connectivity index (χ0) is 29.4. The quantitative estimate of drug-likeness (QED) is 0.300. The molecule has 0 saturated heterocycles. The third kappa shape index (κ3) is 8.18. The summed E-state index contributed by atoms with van der Waals surface area (Å²) in [4.78, 5) is 23.6. The van der Waals surface area contributed by atoms with E-state index < -0.39 is 11.8 Å². The lowest BCUT2D eigenvalue weighted by atomic mass is 9.90. The van der Waals surface area contributed by atoms with Crippen LogP contribution in [0, 0.1) is 17.7 Å². The molecule has 2 heterocycles. The van der Waals surface area contributed by atoms with E-state index in [9.17, 15) is 14.3 Å². The molecule has 2 unspecified atom stereocenters. The van der Waals surface area contributed by atoms with E-state index in [4.69, 9.17) is 26.3 Å². The molecule has 0 radical (unpaired) electrons. The molecule has 2 aliphatic rings. The minimum Gasteiger partial charge on any atom is -0.477 e. The molecule has 9 heteroatoms. The Morgan fingerprint density at radius 3 is 2.73 bits per heavy atom. The summed E-state index contributed by atoms with van der Waals surface area (Å²) in [6, 6.07) is 14.2. The number of carboxylic acids is 1. The molecule has 41 heavy (non-hydrogen) atoms. The van der Waals surface area contributed by atoms with Crippen LogP contribution in [0.2, 0.25) is 5.02 Å². The molecule has 4 rings (SSSR count). The molecule has 0 saturated carbocycles. The smallest absolute Gasteiger partial charge is 0.342 e. The van der Waals surface area contributed by atoms with Crippen LogP contribution in [0.4, 0.5) is 10.1 Å². The Kier molecular flexibility index (Phi) is 11.0. The fourth-order valence-electron chi connectivity index (χ4n) is 4.78. The Labute approximate surface area is 250 Å². The first-order chi connectivity index (χ1) is 19.8. The number of halogens is 2. The highest BCUT2D eigenvalue weighted by Crippen LogP contribution is 2.44. The fourth-order valence-corrected chi connectivity index (χ4v) is 6.14. The van der Waals surface area contributed by atoms with Gasteiger partial charge in [0, 0.05) is 42.8 Å². The number of hydrogen-bond donors (Lipinski definition) is 2. The highest BCUT2D eigenvalue weighted by Gasteiger charge is 2.28. The number of thioether (sulfide) groups is 1. The second kappa shape index (κ2) is 14.6. The monoisotopic (exact) mass is 595 g/mol. The van der Waals surface area contributed by atoms with Crippen LogP contribution in [0.3, 0.4) is 0 Å². The highest BCUT2D eigenvalue weighted by atomic mass is 35.5. The van der Waals surface area contributed by atoms with Crippen molar-refractivity contribution >= 4 is 52.3 Å². The number of carboxylic acid groups (broad SMARTS) is 1. The van der Waals surface area contributed by atoms with Crippen molar-refractivity contribution in [2.45, 2.75) is 39.5 Å². The molecule has 0 amide bonds. The molecule has 2 aliphatic heterocycles. The molecule has 0 bridgehead atoms. The fraction of sp³-hybridized carbons (Fsp3) is 0.344. The molecule has 0 spiro atoms. The second-order valence-corrected chi connectivity index (χ2v) is 11.6. The van der Waals surface area contributed by atoms with Gasteiger partial charge in [0.15, 0.2) is 5.84 Å². The third-order valence-electron chi connectivity index (χ3n) is 6.90. The number of allylic oxidation sites excluding steroid dienone is 3. The van der Waals surface area contributed by atoms with Gasteiger partial charge in [0.05, 0.1) is 5.02 Å². The highest BCUT2D eigenvalue weighted by molar-refractivity contribution is 8.08. The van der Waals surface area contributed by atoms with Crippen LogP contribution in [-0.2, 0) is 9.53 Å². The number of aliphatic carboxylic acids is 1. The van der Waals surface area contributed by atoms with Gasteiger partial charge in [-0.25, -0.2) is 14.2 Å². The van der Waals surface area contributed by atoms with E-state index in [2.05, 4.69) is 31.3 Å². The minimum absolute atomic E-state index is 0.00567. The zero-order valence-electron chi connectivity index (χ0n) is 23.5. The van der Waals surface area contributed by atoms with Gasteiger partial charge in [0.25, 0.3) is 0 Å². The van der Waals surface area contributed by atoms with Crippen molar-refractivity contribution in [1.82, 2.24) is 0 Å². The van der Waals surface area contributed by atoms with Gasteiger partial charge in [-0.3, -0.25) is 4.99 Å². The molecule has 2 aromatic carbocycles. The number of methoxy groups -OCH3 is 1. The van der Waals surface area contributed by atoms with Crippen molar-refractivity contribution in [1.29, 1.82) is 0 Å². The Bertz CT molecular complexity index is 1420. The van der Waals surface area contributed by atoms with Gasteiger partial charge in [-0.2, -0.15) is 0 Å². The summed E-state index contributed by atoms with van der Waals surface area (Å²) in [6.45, 7) is 5.26. The Morgan fingerprint density at radius 2 is 2.02 bits per heavy atom. The van der Waals surface area contributed by atoms with Crippen molar-refractivity contribution in [3.8, 4) is 0 Å². The lowest BCUT2D eigenvalue weighted by Gasteiger charge is -2.20. The van der Waals surface area contributed by atoms with E-state index >= 15 is 0 Å². The Balaban J connectivity index is 1.77. The molecule has 2 aromatic rings. The molecular formula is C32H35ClFN3O3S. The first-order valence-electron chi connectivity index (χ1n) is 13.7. The minimum atomic E-state index is -0.953. The van der Waals surface area contributed by atoms with Crippen LogP contribution in [0.15, 0.2) is 86.1 Å². The normalized spacial score (nSPS) is 22.2. The number of ether oxygens (including phenoxy) is 1. The summed E-state index contributed by atoms with van der Waals surface area (Å²) in [5, 5.41) is 13.7. The predicted molar refractivity (Wildman–Crippen MR) is 168 cm³/mol. The van der Waals surface area contributed by atoms with Gasteiger partial charge in [0.1, 0.15) is 16.6 Å². The molecule has 0 fully saturated rings. The maximum Gasteiger partial charge on any atom is 0.342 e. The van der Waals surface area contributed by atoms with E-state index in [1.165, 1.54) is 23.9 Å². The van der Waals surface area contributed by atoms with Gasteiger partial charge in [-0.15, -0.1) is 0 Å². The summed E-state index contributed by atoms with van der Waals surface area (Å²) in [6.07, 6.45) is 7.12. The first-order valence-corrected chi connectivity index (χ1v) is 14.9. The van der Waals surface area contributed by atoms with Gasteiger partial charge in [0.2, 0.25) is 0 Å². The topological polar surface area (TPSA) is 83.3 Å². The number of anilines is 1. The third-order valence-corrected chi connectivity index (χ3v) is 8.39. The molecule has 0 aliphatic carbocycles. The van der Waals surface area contributed by atoms with Crippen LogP contribution < -0.4 is 5.32 Å². The molecule has 6 nitrogen and oxygen atoms in total. The molecule has 0 aromatic heterocycles. The molecular weight excluding hydrogens is 561 g/mol. The number of hydrogen-bond acceptors (Lipinski definition) is 5. The Morgan fingerprint density at radius 1 is 1.24 bits per heavy atom. The first kappa shape index (κ1) is 30.8. The van der Waals surface area contributed by atoms with Crippen LogP contribution in [0.25, 0.3) is 5.57 Å². The number of nitrogens with one attached hydrogen (secondary N) is 1. The SMILES string of the molecule is COCCCN=C1N=C(Nc2ccc(F)c(Cl)c2)CCC(C)/C=C\1C1=CCC(C)C(c2ccccc2)=C(C(=O)O)S1. The standard InChI is InChI=1S/C32H35ClFN3O3S/c1-20-10-15-28(36-23-12-13-26(34)25(33)19-23)37-31(35-16-7-17-40-3)24(18-20)27-14-11-21(2)29(30(41-27)32(38)39)22-8-5-4-6-9-22/h4-6,8-9,12-14,18-21H,7,10-11,15-17H2,1-3H3,(H,38,39)(H,35,36,37)/b24-18-. The average Bonchev–Trinajstić information content (AvgIpc) is 3.12. The van der Waals surface area contributed by atoms with Crippen LogP contribution >= 0.6 is 23.4 Å². The summed E-state index contributed by atoms with van der Waals surface area (Å²) < 4.78 is 19.0. The number of nitrogens with zero attached hydrogens (tertiary/aromatic N) is 2. The van der Waals surface area contributed by atoms with Gasteiger partial charge < -0.3 is 15.2 Å². The number of amidine groups is 2. The summed E-state index contributed by atoms with van der Waals surface area (Å²) >= 11 is 7.29. The van der Waals surface area contributed by atoms with Crippen LogP contribution in [-0.4, -0.2) is 43.0 Å². The lowest BCUT2D eigenvalue weighted by molar-refractivity contribution is -0.131. The molecule has 216 valence electrons. The van der Waals surface area contributed by atoms with E-state index in [0.29, 0.717) is 48.3 Å².